The molecule has 12 heavy (non-hydrogen) atoms. The summed E-state index contributed by atoms with van der Waals surface area (Å²) in [7, 11) is 0. The van der Waals surface area contributed by atoms with Crippen LogP contribution in [0.15, 0.2) is 0 Å². The third kappa shape index (κ3) is 10.2. The zero-order valence-electron chi connectivity index (χ0n) is 8.41. The maximum Gasteiger partial charge on any atom is 0.0223 e. The van der Waals surface area contributed by atoms with Gasteiger partial charge in [-0.05, 0) is 31.8 Å². The molecule has 0 aromatic carbocycles. The Balaban J connectivity index is 2.82. The van der Waals surface area contributed by atoms with Crippen molar-refractivity contribution >= 4 is 11.6 Å². The fraction of sp³-hybridized carbons (Fsp3) is 1.00. The van der Waals surface area contributed by atoms with Crippen molar-refractivity contribution in [2.75, 3.05) is 19.0 Å². The Morgan fingerprint density at radius 1 is 1.08 bits per heavy atom. The summed E-state index contributed by atoms with van der Waals surface area (Å²) in [5.74, 6) is 1.59. The molecule has 0 bridgehead atoms. The van der Waals surface area contributed by atoms with Crippen LogP contribution in [-0.4, -0.2) is 19.0 Å². The smallest absolute Gasteiger partial charge is 0.0223 e. The molecule has 1 nitrogen and oxygen atoms in total. The first-order chi connectivity index (χ1) is 5.77. The van der Waals surface area contributed by atoms with Crippen molar-refractivity contribution in [1.29, 1.82) is 0 Å². The largest absolute Gasteiger partial charge is 0.316 e. The number of rotatable bonds is 8. The second-order valence-electron chi connectivity index (χ2n) is 3.70. The van der Waals surface area contributed by atoms with Crippen molar-refractivity contribution in [3.63, 3.8) is 0 Å². The van der Waals surface area contributed by atoms with Gasteiger partial charge in [-0.25, -0.2) is 0 Å². The van der Waals surface area contributed by atoms with Gasteiger partial charge in [0, 0.05) is 5.88 Å². The molecule has 0 amide bonds. The fourth-order valence-corrected chi connectivity index (χ4v) is 1.28. The van der Waals surface area contributed by atoms with E-state index < -0.39 is 0 Å². The van der Waals surface area contributed by atoms with E-state index in [9.17, 15) is 0 Å². The van der Waals surface area contributed by atoms with Crippen molar-refractivity contribution in [3.8, 4) is 0 Å². The van der Waals surface area contributed by atoms with Gasteiger partial charge >= 0.3 is 0 Å². The average molecular weight is 192 g/mol. The van der Waals surface area contributed by atoms with Gasteiger partial charge in [0.2, 0.25) is 0 Å². The number of hydrogen-bond acceptors (Lipinski definition) is 1. The summed E-state index contributed by atoms with van der Waals surface area (Å²) in [6.07, 6.45) is 5.07. The van der Waals surface area contributed by atoms with Crippen molar-refractivity contribution < 1.29 is 0 Å². The third-order valence-corrected chi connectivity index (χ3v) is 2.06. The van der Waals surface area contributed by atoms with Gasteiger partial charge in [-0.3, -0.25) is 0 Å². The Morgan fingerprint density at radius 3 is 2.33 bits per heavy atom. The molecule has 0 aliphatic carbocycles. The molecule has 0 unspecified atom stereocenters. The number of hydrogen-bond donors (Lipinski definition) is 1. The molecule has 1 N–H and O–H groups in total. The zero-order chi connectivity index (χ0) is 9.23. The molecule has 0 aliphatic heterocycles. The molecule has 0 spiro atoms. The van der Waals surface area contributed by atoms with E-state index >= 15 is 0 Å². The highest BCUT2D eigenvalue weighted by molar-refractivity contribution is 6.17. The Kier molecular flexibility index (Phi) is 9.53. The topological polar surface area (TPSA) is 12.0 Å². The van der Waals surface area contributed by atoms with Crippen LogP contribution in [0.3, 0.4) is 0 Å². The first kappa shape index (κ1) is 12.2. The SMILES string of the molecule is CC(C)CNCCCCCCCl. The predicted octanol–water partition coefficient (Wildman–Crippen LogP) is 3.03. The van der Waals surface area contributed by atoms with E-state index in [4.69, 9.17) is 11.6 Å². The van der Waals surface area contributed by atoms with Gasteiger partial charge in [-0.15, -0.1) is 11.6 Å². The minimum Gasteiger partial charge on any atom is -0.316 e. The van der Waals surface area contributed by atoms with Crippen LogP contribution in [0.5, 0.6) is 0 Å². The summed E-state index contributed by atoms with van der Waals surface area (Å²) in [5.41, 5.74) is 0. The van der Waals surface area contributed by atoms with Gasteiger partial charge in [-0.1, -0.05) is 26.7 Å². The highest BCUT2D eigenvalue weighted by atomic mass is 35.5. The van der Waals surface area contributed by atoms with E-state index in [1.54, 1.807) is 0 Å². The molecule has 0 aromatic rings. The molecule has 74 valence electrons. The highest BCUT2D eigenvalue weighted by Gasteiger charge is 1.92. The molecule has 0 fully saturated rings. The predicted molar refractivity (Wildman–Crippen MR) is 56.9 cm³/mol. The lowest BCUT2D eigenvalue weighted by Crippen LogP contribution is -2.20. The fourth-order valence-electron chi connectivity index (χ4n) is 1.09. The number of unbranched alkanes of at least 4 members (excludes halogenated alkanes) is 3. The number of alkyl halides is 1. The highest BCUT2D eigenvalue weighted by Crippen LogP contribution is 1.99. The minimum absolute atomic E-state index is 0.771. The first-order valence-corrected chi connectivity index (χ1v) is 5.57. The molecule has 0 aliphatic rings. The molecule has 0 rings (SSSR count). The quantitative estimate of drug-likeness (QED) is 0.460. The van der Waals surface area contributed by atoms with E-state index in [0.717, 1.165) is 18.3 Å². The standard InChI is InChI=1S/C10H22ClN/c1-10(2)9-12-8-6-4-3-5-7-11/h10,12H,3-9H2,1-2H3. The molecular weight excluding hydrogens is 170 g/mol. The summed E-state index contributed by atoms with van der Waals surface area (Å²) in [6.45, 7) is 6.79. The van der Waals surface area contributed by atoms with Crippen molar-refractivity contribution in [2.45, 2.75) is 39.5 Å². The van der Waals surface area contributed by atoms with Gasteiger partial charge in [0.15, 0.2) is 0 Å². The number of nitrogens with one attached hydrogen (secondary N) is 1. The Labute approximate surface area is 81.9 Å². The van der Waals surface area contributed by atoms with E-state index in [1.165, 1.54) is 32.2 Å². The van der Waals surface area contributed by atoms with Crippen LogP contribution in [-0.2, 0) is 0 Å². The van der Waals surface area contributed by atoms with Crippen LogP contribution in [0.25, 0.3) is 0 Å². The van der Waals surface area contributed by atoms with Crippen LogP contribution >= 0.6 is 11.6 Å². The van der Waals surface area contributed by atoms with Crippen molar-refractivity contribution in [1.82, 2.24) is 5.32 Å². The third-order valence-electron chi connectivity index (χ3n) is 1.79. The maximum atomic E-state index is 5.57. The molecule has 0 saturated heterocycles. The molecule has 0 heterocycles. The molecule has 2 heteroatoms. The molecule has 0 radical (unpaired) electrons. The van der Waals surface area contributed by atoms with Crippen LogP contribution in [0, 0.1) is 5.92 Å². The van der Waals surface area contributed by atoms with E-state index in [0.29, 0.717) is 0 Å². The Morgan fingerprint density at radius 2 is 1.75 bits per heavy atom. The lowest BCUT2D eigenvalue weighted by Gasteiger charge is -2.06. The van der Waals surface area contributed by atoms with Crippen molar-refractivity contribution in [3.05, 3.63) is 0 Å². The first-order valence-electron chi connectivity index (χ1n) is 5.04. The summed E-state index contributed by atoms with van der Waals surface area (Å²) < 4.78 is 0. The molecule has 0 saturated carbocycles. The maximum absolute atomic E-state index is 5.57. The Bertz CT molecular complexity index is 83.9. The van der Waals surface area contributed by atoms with Gasteiger partial charge in [0.25, 0.3) is 0 Å². The molecule has 0 atom stereocenters. The second-order valence-corrected chi connectivity index (χ2v) is 4.08. The van der Waals surface area contributed by atoms with Crippen LogP contribution in [0.4, 0.5) is 0 Å². The Hall–Kier alpha value is 0.250. The lowest BCUT2D eigenvalue weighted by atomic mass is 10.2. The molecular formula is C10H22ClN. The summed E-state index contributed by atoms with van der Waals surface area (Å²) in [4.78, 5) is 0. The average Bonchev–Trinajstić information content (AvgIpc) is 2.02. The van der Waals surface area contributed by atoms with Gasteiger partial charge in [0.1, 0.15) is 0 Å². The summed E-state index contributed by atoms with van der Waals surface area (Å²) in [6, 6.07) is 0. The van der Waals surface area contributed by atoms with Crippen LogP contribution in [0.2, 0.25) is 0 Å². The van der Waals surface area contributed by atoms with E-state index in [-0.39, 0.29) is 0 Å². The summed E-state index contributed by atoms with van der Waals surface area (Å²) >= 11 is 5.57. The zero-order valence-corrected chi connectivity index (χ0v) is 9.16. The second kappa shape index (κ2) is 9.34. The van der Waals surface area contributed by atoms with Crippen LogP contribution < -0.4 is 5.32 Å². The van der Waals surface area contributed by atoms with Crippen LogP contribution in [0.1, 0.15) is 39.5 Å². The van der Waals surface area contributed by atoms with E-state index in [1.807, 2.05) is 0 Å². The summed E-state index contributed by atoms with van der Waals surface area (Å²) in [5, 5.41) is 3.43. The monoisotopic (exact) mass is 191 g/mol. The van der Waals surface area contributed by atoms with Gasteiger partial charge in [0.05, 0.1) is 0 Å². The van der Waals surface area contributed by atoms with Crippen molar-refractivity contribution in [2.24, 2.45) is 5.92 Å². The lowest BCUT2D eigenvalue weighted by molar-refractivity contribution is 0.529. The van der Waals surface area contributed by atoms with Gasteiger partial charge in [-0.2, -0.15) is 0 Å². The van der Waals surface area contributed by atoms with E-state index in [2.05, 4.69) is 19.2 Å². The normalized spacial score (nSPS) is 11.0. The minimum atomic E-state index is 0.771. The van der Waals surface area contributed by atoms with Gasteiger partial charge < -0.3 is 5.32 Å². The number of halogens is 1. The molecule has 0 aromatic heterocycles.